The highest BCUT2D eigenvalue weighted by Gasteiger charge is 2.08. The second kappa shape index (κ2) is 5.38. The van der Waals surface area contributed by atoms with Crippen molar-refractivity contribution in [2.45, 2.75) is 5.75 Å². The first-order valence-electron chi connectivity index (χ1n) is 5.39. The maximum atomic E-state index is 13.5. The minimum absolute atomic E-state index is 0.118. The monoisotopic (exact) mass is 281 g/mol. The lowest BCUT2D eigenvalue weighted by atomic mass is 10.2. The Kier molecular flexibility index (Phi) is 3.82. The van der Waals surface area contributed by atoms with E-state index in [1.165, 1.54) is 12.1 Å². The third-order valence-corrected chi connectivity index (χ3v) is 3.00. The molecule has 19 heavy (non-hydrogen) atoms. The van der Waals surface area contributed by atoms with E-state index in [4.69, 9.17) is 4.74 Å². The fourth-order valence-corrected chi connectivity index (χ4v) is 2.12. The Morgan fingerprint density at radius 3 is 2.42 bits per heavy atom. The summed E-state index contributed by atoms with van der Waals surface area (Å²) in [5.41, 5.74) is 0.183. The average molecular weight is 281 g/mol. The molecule has 0 amide bonds. The van der Waals surface area contributed by atoms with Crippen LogP contribution in [0.4, 0.5) is 4.39 Å². The van der Waals surface area contributed by atoms with Gasteiger partial charge >= 0.3 is 0 Å². The Hall–Kier alpha value is -1.92. The first kappa shape index (κ1) is 13.5. The van der Waals surface area contributed by atoms with Crippen LogP contribution in [-0.4, -0.2) is 13.0 Å². The maximum absolute atomic E-state index is 13.5. The zero-order chi connectivity index (χ0) is 13.9. The lowest BCUT2D eigenvalue weighted by Gasteiger charge is -2.10. The summed E-state index contributed by atoms with van der Waals surface area (Å²) in [7, 11) is -4.41. The highest BCUT2D eigenvalue weighted by Crippen LogP contribution is 2.25. The predicted molar refractivity (Wildman–Crippen MR) is 66.3 cm³/mol. The molecule has 0 radical (unpaired) electrons. The lowest BCUT2D eigenvalue weighted by Crippen LogP contribution is -2.02. The maximum Gasteiger partial charge on any atom is 0.165 e. The summed E-state index contributed by atoms with van der Waals surface area (Å²) in [4.78, 5) is 0. The topological polar surface area (TPSA) is 66.4 Å². The molecule has 0 bridgehead atoms. The molecule has 2 aromatic carbocycles. The zero-order valence-corrected chi connectivity index (χ0v) is 10.6. The quantitative estimate of drug-likeness (QED) is 0.808. The molecule has 0 N–H and O–H groups in total. The summed E-state index contributed by atoms with van der Waals surface area (Å²) in [5, 5.41) is 0. The Morgan fingerprint density at radius 2 is 1.79 bits per heavy atom. The molecular formula is C13H10FO4S-. The molecule has 0 saturated carbocycles. The van der Waals surface area contributed by atoms with Crippen LogP contribution in [0.25, 0.3) is 0 Å². The van der Waals surface area contributed by atoms with Gasteiger partial charge in [-0.3, -0.25) is 0 Å². The summed E-state index contributed by atoms with van der Waals surface area (Å²) in [6, 6.07) is 12.0. The van der Waals surface area contributed by atoms with E-state index in [2.05, 4.69) is 0 Å². The number of hydrogen-bond acceptors (Lipinski definition) is 4. The van der Waals surface area contributed by atoms with E-state index in [-0.39, 0.29) is 11.3 Å². The van der Waals surface area contributed by atoms with Crippen LogP contribution in [0.3, 0.4) is 0 Å². The van der Waals surface area contributed by atoms with Crippen LogP contribution in [0, 0.1) is 5.82 Å². The Bertz CT molecular complexity index is 668. The minimum Gasteiger partial charge on any atom is -0.748 e. The van der Waals surface area contributed by atoms with E-state index in [9.17, 15) is 17.4 Å². The minimum atomic E-state index is -4.41. The summed E-state index contributed by atoms with van der Waals surface area (Å²) in [6.07, 6.45) is 0. The Balaban J connectivity index is 2.27. The van der Waals surface area contributed by atoms with Gasteiger partial charge in [-0.15, -0.1) is 0 Å². The smallest absolute Gasteiger partial charge is 0.165 e. The van der Waals surface area contributed by atoms with Crippen LogP contribution in [0.15, 0.2) is 48.5 Å². The van der Waals surface area contributed by atoms with Crippen molar-refractivity contribution in [2.24, 2.45) is 0 Å². The normalized spacial score (nSPS) is 11.3. The van der Waals surface area contributed by atoms with Crippen molar-refractivity contribution in [1.29, 1.82) is 0 Å². The van der Waals surface area contributed by atoms with E-state index in [1.54, 1.807) is 30.3 Å². The van der Waals surface area contributed by atoms with Crippen LogP contribution < -0.4 is 4.74 Å². The molecule has 0 saturated heterocycles. The molecule has 2 rings (SSSR count). The van der Waals surface area contributed by atoms with Crippen LogP contribution in [-0.2, 0) is 15.9 Å². The van der Waals surface area contributed by atoms with E-state index in [0.717, 1.165) is 6.07 Å². The van der Waals surface area contributed by atoms with Crippen molar-refractivity contribution in [3.63, 3.8) is 0 Å². The van der Waals surface area contributed by atoms with E-state index in [0.29, 0.717) is 5.75 Å². The third-order valence-electron chi connectivity index (χ3n) is 2.31. The molecule has 0 atom stereocenters. The predicted octanol–water partition coefficient (Wildman–Crippen LogP) is 2.66. The van der Waals surface area contributed by atoms with E-state index < -0.39 is 21.7 Å². The lowest BCUT2D eigenvalue weighted by molar-refractivity contribution is 0.441. The number of rotatable bonds is 4. The Labute approximate surface area is 110 Å². The van der Waals surface area contributed by atoms with Crippen molar-refractivity contribution in [3.05, 3.63) is 59.9 Å². The zero-order valence-electron chi connectivity index (χ0n) is 9.75. The van der Waals surface area contributed by atoms with Crippen LogP contribution in [0.1, 0.15) is 5.56 Å². The van der Waals surface area contributed by atoms with Crippen LogP contribution in [0.5, 0.6) is 11.5 Å². The Morgan fingerprint density at radius 1 is 1.11 bits per heavy atom. The number of hydrogen-bond donors (Lipinski definition) is 0. The molecule has 0 aliphatic heterocycles. The van der Waals surface area contributed by atoms with Gasteiger partial charge in [0.15, 0.2) is 11.6 Å². The summed E-state index contributed by atoms with van der Waals surface area (Å²) in [6.45, 7) is 0. The van der Waals surface area contributed by atoms with Crippen molar-refractivity contribution in [3.8, 4) is 11.5 Å². The standard InChI is InChI=1S/C13H11FO4S/c14-12-7-6-10(9-19(15,16)17)8-13(12)18-11-4-2-1-3-5-11/h1-8H,9H2,(H,15,16,17)/p-1. The van der Waals surface area contributed by atoms with Gasteiger partial charge in [-0.05, 0) is 29.8 Å². The molecule has 0 aliphatic carbocycles. The molecular weight excluding hydrogens is 271 g/mol. The van der Waals surface area contributed by atoms with E-state index in [1.807, 2.05) is 0 Å². The van der Waals surface area contributed by atoms with Gasteiger partial charge in [0.05, 0.1) is 15.9 Å². The molecule has 100 valence electrons. The van der Waals surface area contributed by atoms with Gasteiger partial charge in [0, 0.05) is 0 Å². The van der Waals surface area contributed by atoms with Gasteiger partial charge in [-0.2, -0.15) is 0 Å². The molecule has 2 aromatic rings. The van der Waals surface area contributed by atoms with Gasteiger partial charge in [-0.25, -0.2) is 12.8 Å². The van der Waals surface area contributed by atoms with Crippen molar-refractivity contribution < 1.29 is 22.1 Å². The average Bonchev–Trinajstić information content (AvgIpc) is 2.33. The largest absolute Gasteiger partial charge is 0.748 e. The summed E-state index contributed by atoms with van der Waals surface area (Å²) < 4.78 is 50.8. The van der Waals surface area contributed by atoms with Crippen molar-refractivity contribution in [2.75, 3.05) is 0 Å². The van der Waals surface area contributed by atoms with Crippen LogP contribution in [0.2, 0.25) is 0 Å². The van der Waals surface area contributed by atoms with Crippen molar-refractivity contribution in [1.82, 2.24) is 0 Å². The molecule has 6 heteroatoms. The number of halogens is 1. The van der Waals surface area contributed by atoms with Gasteiger partial charge in [0.1, 0.15) is 5.75 Å². The molecule has 0 aromatic heterocycles. The molecule has 0 aliphatic rings. The first-order chi connectivity index (χ1) is 8.94. The summed E-state index contributed by atoms with van der Waals surface area (Å²) >= 11 is 0. The SMILES string of the molecule is O=S(=O)([O-])Cc1ccc(F)c(Oc2ccccc2)c1. The number of ether oxygens (including phenoxy) is 1. The van der Waals surface area contributed by atoms with Gasteiger partial charge in [-0.1, -0.05) is 24.3 Å². The van der Waals surface area contributed by atoms with E-state index >= 15 is 0 Å². The second-order valence-corrected chi connectivity index (χ2v) is 5.29. The molecule has 0 fully saturated rings. The fraction of sp³-hybridized carbons (Fsp3) is 0.0769. The first-order valence-corrected chi connectivity index (χ1v) is 6.97. The van der Waals surface area contributed by atoms with Crippen LogP contribution >= 0.6 is 0 Å². The van der Waals surface area contributed by atoms with Gasteiger partial charge < -0.3 is 9.29 Å². The molecule has 0 spiro atoms. The summed E-state index contributed by atoms with van der Waals surface area (Å²) in [5.74, 6) is -1.02. The second-order valence-electron chi connectivity index (χ2n) is 3.88. The fourth-order valence-electron chi connectivity index (χ4n) is 1.54. The number of benzene rings is 2. The third kappa shape index (κ3) is 4.04. The van der Waals surface area contributed by atoms with Gasteiger partial charge in [0.2, 0.25) is 0 Å². The molecule has 0 unspecified atom stereocenters. The molecule has 4 nitrogen and oxygen atoms in total. The van der Waals surface area contributed by atoms with Crippen molar-refractivity contribution >= 4 is 10.1 Å². The number of para-hydroxylation sites is 1. The highest BCUT2D eigenvalue weighted by molar-refractivity contribution is 7.84. The highest BCUT2D eigenvalue weighted by atomic mass is 32.2. The van der Waals surface area contributed by atoms with Gasteiger partial charge in [0.25, 0.3) is 0 Å². The molecule has 0 heterocycles.